The third-order valence-electron chi connectivity index (χ3n) is 4.16. The van der Waals surface area contributed by atoms with E-state index in [2.05, 4.69) is 13.8 Å². The van der Waals surface area contributed by atoms with Gasteiger partial charge in [-0.1, -0.05) is 26.0 Å². The number of ether oxygens (including phenoxy) is 1. The van der Waals surface area contributed by atoms with E-state index < -0.39 is 0 Å². The second-order valence-corrected chi connectivity index (χ2v) is 5.86. The van der Waals surface area contributed by atoms with E-state index >= 15 is 0 Å². The van der Waals surface area contributed by atoms with E-state index in [0.29, 0.717) is 0 Å². The highest BCUT2D eigenvalue weighted by Crippen LogP contribution is 2.50. The number of benzene rings is 1. The molecule has 0 radical (unpaired) electrons. The Labute approximate surface area is 107 Å². The van der Waals surface area contributed by atoms with Crippen LogP contribution < -0.4 is 0 Å². The molecule has 1 fully saturated rings. The molecule has 2 aliphatic heterocycles. The van der Waals surface area contributed by atoms with Crippen molar-refractivity contribution in [3.63, 3.8) is 0 Å². The van der Waals surface area contributed by atoms with Crippen molar-refractivity contribution in [3.05, 3.63) is 35.6 Å². The molecule has 1 unspecified atom stereocenters. The maximum absolute atomic E-state index is 13.0. The van der Waals surface area contributed by atoms with Gasteiger partial charge in [0.25, 0.3) is 0 Å². The average Bonchev–Trinajstić information content (AvgIpc) is 2.88. The first-order chi connectivity index (χ1) is 8.52. The van der Waals surface area contributed by atoms with Gasteiger partial charge in [-0.3, -0.25) is 4.99 Å². The van der Waals surface area contributed by atoms with Crippen LogP contribution in [0.5, 0.6) is 0 Å². The fourth-order valence-electron chi connectivity index (χ4n) is 3.02. The molecule has 0 aliphatic carbocycles. The van der Waals surface area contributed by atoms with Crippen LogP contribution in [-0.2, 0) is 4.74 Å². The molecule has 0 N–H and O–H groups in total. The van der Waals surface area contributed by atoms with Crippen LogP contribution in [0.15, 0.2) is 29.3 Å². The third kappa shape index (κ3) is 1.69. The lowest BCUT2D eigenvalue weighted by atomic mass is 9.78. The van der Waals surface area contributed by atoms with Gasteiger partial charge in [0.1, 0.15) is 5.82 Å². The van der Waals surface area contributed by atoms with Gasteiger partial charge in [0.2, 0.25) is 0 Å². The molecule has 2 aliphatic rings. The molecule has 3 heteroatoms. The molecule has 1 aromatic carbocycles. The summed E-state index contributed by atoms with van der Waals surface area (Å²) in [5.41, 5.74) is 1.72. The van der Waals surface area contributed by atoms with Gasteiger partial charge in [-0.2, -0.15) is 0 Å². The fourth-order valence-corrected chi connectivity index (χ4v) is 3.02. The summed E-state index contributed by atoms with van der Waals surface area (Å²) < 4.78 is 18.9. The van der Waals surface area contributed by atoms with Crippen LogP contribution >= 0.6 is 0 Å². The maximum atomic E-state index is 13.0. The quantitative estimate of drug-likeness (QED) is 0.743. The topological polar surface area (TPSA) is 21.6 Å². The van der Waals surface area contributed by atoms with Crippen molar-refractivity contribution in [2.75, 3.05) is 6.61 Å². The lowest BCUT2D eigenvalue weighted by Gasteiger charge is -2.34. The van der Waals surface area contributed by atoms with Crippen molar-refractivity contribution in [1.29, 1.82) is 0 Å². The van der Waals surface area contributed by atoms with Crippen LogP contribution in [0.25, 0.3) is 0 Å². The van der Waals surface area contributed by atoms with Crippen LogP contribution in [0.2, 0.25) is 0 Å². The van der Waals surface area contributed by atoms with E-state index in [1.807, 2.05) is 0 Å². The van der Waals surface area contributed by atoms with Gasteiger partial charge in [-0.25, -0.2) is 4.39 Å². The molecule has 0 aromatic heterocycles. The maximum Gasteiger partial charge on any atom is 0.164 e. The van der Waals surface area contributed by atoms with Gasteiger partial charge in [0.05, 0.1) is 0 Å². The lowest BCUT2D eigenvalue weighted by Crippen LogP contribution is -2.38. The fraction of sp³-hybridized carbons (Fsp3) is 0.533. The van der Waals surface area contributed by atoms with Crippen LogP contribution in [-0.4, -0.2) is 18.0 Å². The normalized spacial score (nSPS) is 29.8. The number of hydrogen-bond donors (Lipinski definition) is 0. The Bertz CT molecular complexity index is 484. The molecule has 1 spiro atoms. The van der Waals surface area contributed by atoms with Gasteiger partial charge in [-0.05, 0) is 37.0 Å². The SMILES string of the molecule is CC1(C)CC(c2ccc(F)cc2)=NC12CCCO2. The summed E-state index contributed by atoms with van der Waals surface area (Å²) in [5.74, 6) is -0.205. The molecule has 2 heterocycles. The highest BCUT2D eigenvalue weighted by molar-refractivity contribution is 6.02. The zero-order valence-corrected chi connectivity index (χ0v) is 10.9. The highest BCUT2D eigenvalue weighted by Gasteiger charge is 2.53. The van der Waals surface area contributed by atoms with Gasteiger partial charge in [0.15, 0.2) is 5.72 Å². The number of hydrogen-bond acceptors (Lipinski definition) is 2. The Morgan fingerprint density at radius 2 is 1.94 bits per heavy atom. The minimum atomic E-state index is -0.350. The molecule has 0 amide bonds. The van der Waals surface area contributed by atoms with Crippen LogP contribution in [0.1, 0.15) is 38.7 Å². The zero-order valence-electron chi connectivity index (χ0n) is 10.9. The van der Waals surface area contributed by atoms with Crippen LogP contribution in [0.3, 0.4) is 0 Å². The first-order valence-corrected chi connectivity index (χ1v) is 6.51. The molecule has 3 rings (SSSR count). The predicted octanol–water partition coefficient (Wildman–Crippen LogP) is 3.55. The summed E-state index contributed by atoms with van der Waals surface area (Å²) in [6.45, 7) is 5.21. The van der Waals surface area contributed by atoms with Crippen LogP contribution in [0, 0.1) is 11.2 Å². The van der Waals surface area contributed by atoms with Gasteiger partial charge < -0.3 is 4.74 Å². The van der Waals surface area contributed by atoms with Gasteiger partial charge in [-0.15, -0.1) is 0 Å². The van der Waals surface area contributed by atoms with Gasteiger partial charge in [0, 0.05) is 17.7 Å². The van der Waals surface area contributed by atoms with Gasteiger partial charge >= 0.3 is 0 Å². The Kier molecular flexibility index (Phi) is 2.56. The van der Waals surface area contributed by atoms with E-state index in [0.717, 1.165) is 37.1 Å². The Hall–Kier alpha value is -1.22. The van der Waals surface area contributed by atoms with Crippen molar-refractivity contribution in [3.8, 4) is 0 Å². The molecule has 18 heavy (non-hydrogen) atoms. The minimum absolute atomic E-state index is 0.0211. The van der Waals surface area contributed by atoms with Crippen molar-refractivity contribution in [1.82, 2.24) is 0 Å². The first-order valence-electron chi connectivity index (χ1n) is 6.51. The Balaban J connectivity index is 1.97. The Morgan fingerprint density at radius 3 is 2.56 bits per heavy atom. The first kappa shape index (κ1) is 11.8. The largest absolute Gasteiger partial charge is 0.353 e. The summed E-state index contributed by atoms with van der Waals surface area (Å²) >= 11 is 0. The lowest BCUT2D eigenvalue weighted by molar-refractivity contribution is -0.0654. The second kappa shape index (κ2) is 3.89. The zero-order chi connectivity index (χ0) is 12.8. The highest BCUT2D eigenvalue weighted by atomic mass is 19.1. The third-order valence-corrected chi connectivity index (χ3v) is 4.16. The predicted molar refractivity (Wildman–Crippen MR) is 69.3 cm³/mol. The monoisotopic (exact) mass is 247 g/mol. The molecular formula is C15H18FNO. The van der Waals surface area contributed by atoms with E-state index in [4.69, 9.17) is 9.73 Å². The molecule has 0 saturated carbocycles. The summed E-state index contributed by atoms with van der Waals surface area (Å²) in [7, 11) is 0. The molecule has 2 nitrogen and oxygen atoms in total. The van der Waals surface area contributed by atoms with Crippen molar-refractivity contribution in [2.45, 2.75) is 38.8 Å². The minimum Gasteiger partial charge on any atom is -0.353 e. The van der Waals surface area contributed by atoms with E-state index in [-0.39, 0.29) is 17.0 Å². The van der Waals surface area contributed by atoms with Crippen molar-refractivity contribution < 1.29 is 9.13 Å². The molecule has 1 saturated heterocycles. The van der Waals surface area contributed by atoms with E-state index in [1.54, 1.807) is 12.1 Å². The summed E-state index contributed by atoms with van der Waals surface area (Å²) in [4.78, 5) is 4.84. The van der Waals surface area contributed by atoms with Crippen LogP contribution in [0.4, 0.5) is 4.39 Å². The van der Waals surface area contributed by atoms with Crippen molar-refractivity contribution in [2.24, 2.45) is 10.4 Å². The number of rotatable bonds is 1. The standard InChI is InChI=1S/C15H18FNO/c1-14(2)10-13(11-4-6-12(16)7-5-11)17-15(14)8-3-9-18-15/h4-7H,3,8-10H2,1-2H3. The second-order valence-electron chi connectivity index (χ2n) is 5.86. The molecular weight excluding hydrogens is 229 g/mol. The van der Waals surface area contributed by atoms with E-state index in [9.17, 15) is 4.39 Å². The van der Waals surface area contributed by atoms with E-state index in [1.165, 1.54) is 12.1 Å². The Morgan fingerprint density at radius 1 is 1.22 bits per heavy atom. The average molecular weight is 247 g/mol. The molecule has 0 bridgehead atoms. The summed E-state index contributed by atoms with van der Waals surface area (Å²) in [6, 6.07) is 6.59. The molecule has 96 valence electrons. The van der Waals surface area contributed by atoms with Crippen molar-refractivity contribution >= 4 is 5.71 Å². The number of halogens is 1. The smallest absolute Gasteiger partial charge is 0.164 e. The molecule has 1 atom stereocenters. The summed E-state index contributed by atoms with van der Waals surface area (Å²) in [6.07, 6.45) is 2.95. The molecule has 1 aromatic rings. The number of nitrogens with zero attached hydrogens (tertiary/aromatic N) is 1. The number of aliphatic imine (C=N–C) groups is 1. The summed E-state index contributed by atoms with van der Waals surface area (Å²) in [5, 5.41) is 0.